The SMILES string of the molecule is COc1ccc(OCCN2C(=O)C(=O)/C(=C(\O)c3ccccc3OC)C2c2ccc(OC)cc2)cc1. The molecule has 3 aromatic rings. The summed E-state index contributed by atoms with van der Waals surface area (Å²) < 4.78 is 21.6. The van der Waals surface area contributed by atoms with Gasteiger partial charge in [-0.1, -0.05) is 24.3 Å². The van der Waals surface area contributed by atoms with Gasteiger partial charge >= 0.3 is 0 Å². The molecule has 0 aromatic heterocycles. The summed E-state index contributed by atoms with van der Waals surface area (Å²) in [6, 6.07) is 20.0. The number of amides is 1. The van der Waals surface area contributed by atoms with Crippen LogP contribution in [-0.4, -0.2) is 56.2 Å². The van der Waals surface area contributed by atoms with Crippen LogP contribution in [0.25, 0.3) is 5.76 Å². The molecule has 3 aromatic carbocycles. The van der Waals surface area contributed by atoms with Crippen LogP contribution >= 0.6 is 0 Å². The molecule has 1 N–H and O–H groups in total. The molecule has 1 aliphatic rings. The molecule has 0 bridgehead atoms. The Balaban J connectivity index is 1.69. The first kappa shape index (κ1) is 24.7. The molecule has 1 atom stereocenters. The molecule has 0 spiro atoms. The highest BCUT2D eigenvalue weighted by Gasteiger charge is 2.46. The number of para-hydroxylation sites is 1. The van der Waals surface area contributed by atoms with E-state index in [4.69, 9.17) is 18.9 Å². The zero-order valence-electron chi connectivity index (χ0n) is 20.3. The number of hydrogen-bond donors (Lipinski definition) is 1. The predicted octanol–water partition coefficient (Wildman–Crippen LogP) is 4.21. The van der Waals surface area contributed by atoms with Crippen LogP contribution in [0.2, 0.25) is 0 Å². The smallest absolute Gasteiger partial charge is 0.295 e. The molecule has 1 fully saturated rings. The molecule has 4 rings (SSSR count). The molecule has 0 radical (unpaired) electrons. The Morgan fingerprint density at radius 3 is 2.00 bits per heavy atom. The van der Waals surface area contributed by atoms with Gasteiger partial charge in [-0.25, -0.2) is 0 Å². The van der Waals surface area contributed by atoms with Gasteiger partial charge in [0.05, 0.1) is 45.1 Å². The minimum absolute atomic E-state index is 0.0147. The number of ketones is 1. The van der Waals surface area contributed by atoms with E-state index in [1.54, 1.807) is 87.0 Å². The van der Waals surface area contributed by atoms with Gasteiger partial charge in [0.15, 0.2) is 0 Å². The van der Waals surface area contributed by atoms with Gasteiger partial charge in [-0.2, -0.15) is 0 Å². The van der Waals surface area contributed by atoms with Crippen LogP contribution in [0.4, 0.5) is 0 Å². The van der Waals surface area contributed by atoms with Gasteiger partial charge in [-0.05, 0) is 54.1 Å². The van der Waals surface area contributed by atoms with Gasteiger partial charge in [0.1, 0.15) is 35.4 Å². The number of nitrogens with zero attached hydrogens (tertiary/aromatic N) is 1. The second kappa shape index (κ2) is 10.9. The van der Waals surface area contributed by atoms with Crippen molar-refractivity contribution in [2.75, 3.05) is 34.5 Å². The number of aliphatic hydroxyl groups excluding tert-OH is 1. The number of aliphatic hydroxyl groups is 1. The lowest BCUT2D eigenvalue weighted by atomic mass is 9.95. The second-order valence-electron chi connectivity index (χ2n) is 7.99. The zero-order chi connectivity index (χ0) is 25.7. The summed E-state index contributed by atoms with van der Waals surface area (Å²) in [7, 11) is 4.61. The third-order valence-corrected chi connectivity index (χ3v) is 5.99. The zero-order valence-corrected chi connectivity index (χ0v) is 20.3. The van der Waals surface area contributed by atoms with Gasteiger partial charge in [-0.15, -0.1) is 0 Å². The fourth-order valence-electron chi connectivity index (χ4n) is 4.16. The third-order valence-electron chi connectivity index (χ3n) is 5.99. The average Bonchev–Trinajstić information content (AvgIpc) is 3.18. The van der Waals surface area contributed by atoms with Crippen molar-refractivity contribution in [3.8, 4) is 23.0 Å². The molecule has 0 aliphatic carbocycles. The van der Waals surface area contributed by atoms with Gasteiger partial charge in [-0.3, -0.25) is 9.59 Å². The molecule has 1 unspecified atom stereocenters. The molecule has 1 amide bonds. The van der Waals surface area contributed by atoms with E-state index in [1.807, 2.05) is 0 Å². The molecule has 1 aliphatic heterocycles. The first-order valence-electron chi connectivity index (χ1n) is 11.3. The Hall–Kier alpha value is -4.46. The summed E-state index contributed by atoms with van der Waals surface area (Å²) >= 11 is 0. The Morgan fingerprint density at radius 1 is 0.806 bits per heavy atom. The van der Waals surface area contributed by atoms with Crippen molar-refractivity contribution in [1.29, 1.82) is 0 Å². The molecular weight excluding hydrogens is 462 g/mol. The van der Waals surface area contributed by atoms with E-state index < -0.39 is 17.7 Å². The van der Waals surface area contributed by atoms with E-state index in [2.05, 4.69) is 0 Å². The van der Waals surface area contributed by atoms with Crippen LogP contribution in [0.1, 0.15) is 17.2 Å². The summed E-state index contributed by atoms with van der Waals surface area (Å²) in [5.41, 5.74) is 0.959. The highest BCUT2D eigenvalue weighted by Crippen LogP contribution is 2.41. The molecular formula is C28H27NO7. The third kappa shape index (κ3) is 4.84. The van der Waals surface area contributed by atoms with Crippen molar-refractivity contribution in [2.24, 2.45) is 0 Å². The highest BCUT2D eigenvalue weighted by molar-refractivity contribution is 6.46. The predicted molar refractivity (Wildman–Crippen MR) is 133 cm³/mol. The minimum Gasteiger partial charge on any atom is -0.507 e. The van der Waals surface area contributed by atoms with Crippen LogP contribution in [-0.2, 0) is 9.59 Å². The fraction of sp³-hybridized carbons (Fsp3) is 0.214. The van der Waals surface area contributed by atoms with E-state index in [-0.39, 0.29) is 24.5 Å². The molecule has 186 valence electrons. The van der Waals surface area contributed by atoms with Crippen molar-refractivity contribution in [2.45, 2.75) is 6.04 Å². The number of methoxy groups -OCH3 is 3. The number of carbonyl (C=O) groups is 2. The first-order chi connectivity index (χ1) is 17.5. The number of ether oxygens (including phenoxy) is 4. The van der Waals surface area contributed by atoms with Crippen molar-refractivity contribution >= 4 is 17.4 Å². The first-order valence-corrected chi connectivity index (χ1v) is 11.3. The summed E-state index contributed by atoms with van der Waals surface area (Å²) in [6.07, 6.45) is 0. The Kier molecular flexibility index (Phi) is 7.44. The van der Waals surface area contributed by atoms with Gasteiger partial charge in [0.25, 0.3) is 11.7 Å². The van der Waals surface area contributed by atoms with Crippen LogP contribution < -0.4 is 18.9 Å². The Labute approximate surface area is 209 Å². The van der Waals surface area contributed by atoms with Crippen molar-refractivity contribution < 1.29 is 33.6 Å². The van der Waals surface area contributed by atoms with Crippen molar-refractivity contribution in [3.05, 3.63) is 89.5 Å². The monoisotopic (exact) mass is 489 g/mol. The van der Waals surface area contributed by atoms with E-state index in [1.165, 1.54) is 12.0 Å². The van der Waals surface area contributed by atoms with E-state index >= 15 is 0 Å². The maximum Gasteiger partial charge on any atom is 0.295 e. The lowest BCUT2D eigenvalue weighted by Crippen LogP contribution is -2.33. The molecule has 1 heterocycles. The number of rotatable bonds is 9. The van der Waals surface area contributed by atoms with Crippen molar-refractivity contribution in [3.63, 3.8) is 0 Å². The van der Waals surface area contributed by atoms with Crippen LogP contribution in [0.5, 0.6) is 23.0 Å². The molecule has 0 saturated carbocycles. The maximum atomic E-state index is 13.2. The molecule has 1 saturated heterocycles. The Morgan fingerprint density at radius 2 is 1.39 bits per heavy atom. The fourth-order valence-corrected chi connectivity index (χ4v) is 4.16. The number of benzene rings is 3. The summed E-state index contributed by atoms with van der Waals surface area (Å²) in [5.74, 6) is 0.520. The largest absolute Gasteiger partial charge is 0.507 e. The average molecular weight is 490 g/mol. The highest BCUT2D eigenvalue weighted by atomic mass is 16.5. The van der Waals surface area contributed by atoms with Crippen LogP contribution in [0.15, 0.2) is 78.4 Å². The number of Topliss-reactive ketones (excluding diaryl/α,β-unsaturated/α-hetero) is 1. The normalized spacial score (nSPS) is 16.6. The molecule has 8 nitrogen and oxygen atoms in total. The summed E-state index contributed by atoms with van der Waals surface area (Å²) in [5, 5.41) is 11.3. The number of likely N-dealkylation sites (tertiary alicyclic amines) is 1. The quantitative estimate of drug-likeness (QED) is 0.273. The summed E-state index contributed by atoms with van der Waals surface area (Å²) in [4.78, 5) is 27.8. The van der Waals surface area contributed by atoms with E-state index in [9.17, 15) is 14.7 Å². The van der Waals surface area contributed by atoms with Gasteiger partial charge < -0.3 is 29.0 Å². The lowest BCUT2D eigenvalue weighted by molar-refractivity contribution is -0.140. The van der Waals surface area contributed by atoms with Crippen molar-refractivity contribution in [1.82, 2.24) is 4.90 Å². The lowest BCUT2D eigenvalue weighted by Gasteiger charge is -2.25. The van der Waals surface area contributed by atoms with Gasteiger partial charge in [0, 0.05) is 0 Å². The summed E-state index contributed by atoms with van der Waals surface area (Å²) in [6.45, 7) is 0.261. The minimum atomic E-state index is -0.819. The topological polar surface area (TPSA) is 94.5 Å². The standard InChI is InChI=1S/C28H27NO7/c1-33-19-10-8-18(9-11-19)25-24(26(30)22-6-4-5-7-23(22)35-3)27(31)28(32)29(25)16-17-36-21-14-12-20(34-2)13-15-21/h4-15,25,30H,16-17H2,1-3H3/b26-24-. The second-order valence-corrected chi connectivity index (χ2v) is 7.99. The maximum absolute atomic E-state index is 13.2. The van der Waals surface area contributed by atoms with Crippen LogP contribution in [0, 0.1) is 0 Å². The number of hydrogen-bond acceptors (Lipinski definition) is 7. The Bertz CT molecular complexity index is 1270. The van der Waals surface area contributed by atoms with Gasteiger partial charge in [0.2, 0.25) is 0 Å². The van der Waals surface area contributed by atoms with Crippen LogP contribution in [0.3, 0.4) is 0 Å². The van der Waals surface area contributed by atoms with E-state index in [0.29, 0.717) is 34.1 Å². The molecule has 36 heavy (non-hydrogen) atoms. The molecule has 8 heteroatoms. The number of carbonyl (C=O) groups excluding carboxylic acids is 2. The van der Waals surface area contributed by atoms with E-state index in [0.717, 1.165) is 0 Å².